The highest BCUT2D eigenvalue weighted by Gasteiger charge is 2.01. The molecule has 1 aromatic carbocycles. The van der Waals surface area contributed by atoms with E-state index in [-0.39, 0.29) is 5.82 Å². The van der Waals surface area contributed by atoms with Crippen molar-refractivity contribution in [1.82, 2.24) is 0 Å². The first-order valence-corrected chi connectivity index (χ1v) is 5.75. The monoisotopic (exact) mass is 307 g/mol. The van der Waals surface area contributed by atoms with Crippen molar-refractivity contribution in [2.45, 2.75) is 12.5 Å². The van der Waals surface area contributed by atoms with Gasteiger partial charge in [0, 0.05) is 10.2 Å². The van der Waals surface area contributed by atoms with Gasteiger partial charge in [0.25, 0.3) is 0 Å². The van der Waals surface area contributed by atoms with Crippen LogP contribution >= 0.6 is 22.6 Å². The molecule has 0 bridgehead atoms. The van der Waals surface area contributed by atoms with Crippen LogP contribution in [0.3, 0.4) is 0 Å². The lowest BCUT2D eigenvalue weighted by atomic mass is 10.3. The normalized spacial score (nSPS) is 10.1. The van der Waals surface area contributed by atoms with Gasteiger partial charge in [0.1, 0.15) is 11.6 Å². The Hall–Kier alpha value is -0.103. The van der Waals surface area contributed by atoms with Crippen LogP contribution in [-0.2, 0) is 0 Å². The molecule has 0 aliphatic carbocycles. The molecule has 0 atom stereocenters. The lowest BCUT2D eigenvalue weighted by Crippen LogP contribution is -1.98. The predicted octanol–water partition coefficient (Wildman–Crippen LogP) is 2.79. The highest BCUT2D eigenvalue weighted by molar-refractivity contribution is 14.1. The fourth-order valence-electron chi connectivity index (χ4n) is 0.847. The molecule has 0 spiro atoms. The summed E-state index contributed by atoms with van der Waals surface area (Å²) in [6.45, 7) is 0.658. The van der Waals surface area contributed by atoms with Crippen molar-refractivity contribution in [2.75, 3.05) is 6.61 Å². The second-order valence-corrected chi connectivity index (χ2v) is 4.19. The Kier molecular flexibility index (Phi) is 4.72. The van der Waals surface area contributed by atoms with E-state index in [1.165, 1.54) is 12.1 Å². The topological polar surface area (TPSA) is 9.23 Å². The van der Waals surface area contributed by atoms with E-state index in [1.54, 1.807) is 6.07 Å². The first kappa shape index (κ1) is 11.0. The summed E-state index contributed by atoms with van der Waals surface area (Å²) < 4.78 is 18.9. The van der Waals surface area contributed by atoms with Crippen LogP contribution in [0.1, 0.15) is 6.42 Å². The molecule has 1 rings (SSSR count). The Balaban J connectivity index is 2.56. The summed E-state index contributed by atoms with van der Waals surface area (Å²) in [5.74, 6) is 0.527. The highest BCUT2D eigenvalue weighted by atomic mass is 127. The largest absolute Gasteiger partial charge is 0.492 e. The standard InChI is InChI=1S/C9H9FIOSi/c10-7-2-3-9(8(11)6-7)12-4-1-5-13/h2-3,6H,1,4-5H2. The van der Waals surface area contributed by atoms with E-state index in [9.17, 15) is 4.39 Å². The summed E-state index contributed by atoms with van der Waals surface area (Å²) in [5, 5.41) is 0. The van der Waals surface area contributed by atoms with Gasteiger partial charge in [0.05, 0.1) is 10.2 Å². The molecule has 3 radical (unpaired) electrons. The molecular formula is C9H9FIOSi. The molecule has 0 unspecified atom stereocenters. The van der Waals surface area contributed by atoms with Crippen LogP contribution < -0.4 is 4.74 Å². The van der Waals surface area contributed by atoms with Crippen molar-refractivity contribution in [1.29, 1.82) is 0 Å². The summed E-state index contributed by atoms with van der Waals surface area (Å²) in [5.41, 5.74) is 0. The average Bonchev–Trinajstić information content (AvgIpc) is 2.09. The van der Waals surface area contributed by atoms with Crippen molar-refractivity contribution in [3.63, 3.8) is 0 Å². The van der Waals surface area contributed by atoms with E-state index in [1.807, 2.05) is 0 Å². The molecule has 1 aromatic rings. The minimum absolute atomic E-state index is 0.225. The summed E-state index contributed by atoms with van der Waals surface area (Å²) in [6, 6.07) is 5.44. The number of hydrogen-bond acceptors (Lipinski definition) is 1. The lowest BCUT2D eigenvalue weighted by molar-refractivity contribution is 0.315. The van der Waals surface area contributed by atoms with Gasteiger partial charge >= 0.3 is 0 Å². The maximum atomic E-state index is 12.7. The highest BCUT2D eigenvalue weighted by Crippen LogP contribution is 2.21. The fourth-order valence-corrected chi connectivity index (χ4v) is 1.62. The van der Waals surface area contributed by atoms with Gasteiger partial charge in [-0.1, -0.05) is 6.04 Å². The smallest absolute Gasteiger partial charge is 0.132 e. The third-order valence-corrected chi connectivity index (χ3v) is 2.67. The first-order valence-electron chi connectivity index (χ1n) is 3.96. The van der Waals surface area contributed by atoms with Crippen LogP contribution in [0, 0.1) is 9.39 Å². The Morgan fingerprint density at radius 2 is 2.23 bits per heavy atom. The third kappa shape index (κ3) is 3.64. The zero-order chi connectivity index (χ0) is 9.68. The molecule has 1 nitrogen and oxygen atoms in total. The van der Waals surface area contributed by atoms with E-state index in [2.05, 4.69) is 32.8 Å². The zero-order valence-electron chi connectivity index (χ0n) is 7.02. The molecule has 13 heavy (non-hydrogen) atoms. The van der Waals surface area contributed by atoms with Crippen LogP contribution in [-0.4, -0.2) is 16.8 Å². The lowest BCUT2D eigenvalue weighted by Gasteiger charge is -2.06. The van der Waals surface area contributed by atoms with Crippen LogP contribution in [0.25, 0.3) is 0 Å². The minimum atomic E-state index is -0.225. The van der Waals surface area contributed by atoms with Crippen molar-refractivity contribution in [3.8, 4) is 5.75 Å². The maximum Gasteiger partial charge on any atom is 0.132 e. The first-order chi connectivity index (χ1) is 6.24. The molecule has 0 N–H and O–H groups in total. The Morgan fingerprint density at radius 3 is 2.85 bits per heavy atom. The molecule has 69 valence electrons. The Labute approximate surface area is 94.2 Å². The second kappa shape index (κ2) is 5.59. The molecule has 0 saturated carbocycles. The summed E-state index contributed by atoms with van der Waals surface area (Å²) in [4.78, 5) is 0. The van der Waals surface area contributed by atoms with Gasteiger partial charge in [-0.15, -0.1) is 0 Å². The predicted molar refractivity (Wildman–Crippen MR) is 59.8 cm³/mol. The maximum absolute atomic E-state index is 12.7. The SMILES string of the molecule is Fc1ccc(OCCC[Si])c(I)c1. The average molecular weight is 307 g/mol. The molecular weight excluding hydrogens is 298 g/mol. The Morgan fingerprint density at radius 1 is 1.46 bits per heavy atom. The van der Waals surface area contributed by atoms with Crippen molar-refractivity contribution < 1.29 is 9.13 Å². The number of hydrogen-bond donors (Lipinski definition) is 0. The molecule has 0 fully saturated rings. The van der Waals surface area contributed by atoms with Crippen LogP contribution in [0.2, 0.25) is 6.04 Å². The Bertz CT molecular complexity index is 280. The van der Waals surface area contributed by atoms with Crippen molar-refractivity contribution in [3.05, 3.63) is 27.6 Å². The second-order valence-electron chi connectivity index (χ2n) is 2.53. The van der Waals surface area contributed by atoms with Gasteiger partial charge in [-0.3, -0.25) is 0 Å². The number of benzene rings is 1. The van der Waals surface area contributed by atoms with E-state index < -0.39 is 0 Å². The molecule has 0 aliphatic rings. The minimum Gasteiger partial charge on any atom is -0.492 e. The van der Waals surface area contributed by atoms with Gasteiger partial charge in [0.2, 0.25) is 0 Å². The van der Waals surface area contributed by atoms with Crippen molar-refractivity contribution >= 4 is 32.8 Å². The van der Waals surface area contributed by atoms with Gasteiger partial charge in [0.15, 0.2) is 0 Å². The number of rotatable bonds is 4. The molecule has 4 heteroatoms. The van der Waals surface area contributed by atoms with E-state index in [0.717, 1.165) is 21.8 Å². The number of halogens is 2. The van der Waals surface area contributed by atoms with Crippen LogP contribution in [0.15, 0.2) is 18.2 Å². The zero-order valence-corrected chi connectivity index (χ0v) is 10.2. The number of ether oxygens (including phenoxy) is 1. The summed E-state index contributed by atoms with van der Waals surface area (Å²) in [7, 11) is 3.36. The van der Waals surface area contributed by atoms with Crippen molar-refractivity contribution in [2.24, 2.45) is 0 Å². The summed E-state index contributed by atoms with van der Waals surface area (Å²) in [6.07, 6.45) is 0.949. The molecule has 0 saturated heterocycles. The van der Waals surface area contributed by atoms with E-state index in [4.69, 9.17) is 4.74 Å². The fraction of sp³-hybridized carbons (Fsp3) is 0.333. The van der Waals surface area contributed by atoms with E-state index >= 15 is 0 Å². The molecule has 0 aromatic heterocycles. The van der Waals surface area contributed by atoms with Gasteiger partial charge in [-0.25, -0.2) is 4.39 Å². The molecule has 0 amide bonds. The molecule has 0 aliphatic heterocycles. The summed E-state index contributed by atoms with van der Waals surface area (Å²) >= 11 is 2.06. The van der Waals surface area contributed by atoms with Gasteiger partial charge in [-0.05, 0) is 47.2 Å². The van der Waals surface area contributed by atoms with Gasteiger partial charge in [-0.2, -0.15) is 0 Å². The van der Waals surface area contributed by atoms with Gasteiger partial charge < -0.3 is 4.74 Å². The van der Waals surface area contributed by atoms with Crippen LogP contribution in [0.4, 0.5) is 4.39 Å². The van der Waals surface area contributed by atoms with Crippen LogP contribution in [0.5, 0.6) is 5.75 Å². The van der Waals surface area contributed by atoms with E-state index in [0.29, 0.717) is 6.61 Å². The molecule has 0 heterocycles. The quantitative estimate of drug-likeness (QED) is 0.472. The third-order valence-electron chi connectivity index (χ3n) is 1.47.